The largest absolute Gasteiger partial charge is 0.412 e. The number of aliphatic hydroxyl groups is 2. The zero-order valence-corrected chi connectivity index (χ0v) is 10.9. The van der Waals surface area contributed by atoms with Gasteiger partial charge in [-0.15, -0.1) is 0 Å². The number of rotatable bonds is 3. The molecule has 7 heteroatoms. The quantitative estimate of drug-likeness (QED) is 0.372. The molecule has 6 nitrogen and oxygen atoms in total. The Labute approximate surface area is 100 Å². The molecule has 0 amide bonds. The normalized spacial score (nSPS) is 7.71. The van der Waals surface area contributed by atoms with E-state index in [4.69, 9.17) is 10.2 Å². The summed E-state index contributed by atoms with van der Waals surface area (Å²) < 4.78 is 14.0. The van der Waals surface area contributed by atoms with Crippen molar-refractivity contribution in [3.63, 3.8) is 0 Å². The average molecular weight is 249 g/mol. The summed E-state index contributed by atoms with van der Waals surface area (Å²) in [6.07, 6.45) is 0. The Bertz CT molecular complexity index is 60.9. The predicted molar refractivity (Wildman–Crippen MR) is 49.0 cm³/mol. The van der Waals surface area contributed by atoms with Crippen molar-refractivity contribution in [2.24, 2.45) is 0 Å². The first-order chi connectivity index (χ1) is 5.68. The third-order valence-corrected chi connectivity index (χ3v) is 0.933. The summed E-state index contributed by atoms with van der Waals surface area (Å²) in [6, 6.07) is 0. The van der Waals surface area contributed by atoms with Crippen molar-refractivity contribution < 1.29 is 51.6 Å². The van der Waals surface area contributed by atoms with E-state index in [1.54, 1.807) is 0 Å². The van der Waals surface area contributed by atoms with Gasteiger partial charge in [-0.1, -0.05) is 0 Å². The summed E-state index contributed by atoms with van der Waals surface area (Å²) >= 11 is 0. The van der Waals surface area contributed by atoms with Crippen molar-refractivity contribution >= 4 is 0 Å². The van der Waals surface area contributed by atoms with Crippen LogP contribution in [0.2, 0.25) is 0 Å². The number of ether oxygens (including phenoxy) is 3. The van der Waals surface area contributed by atoms with E-state index in [-0.39, 0.29) is 27.2 Å². The fraction of sp³-hybridized carbons (Fsp3) is 0.857. The predicted octanol–water partition coefficient (Wildman–Crippen LogP) is -1.20. The summed E-state index contributed by atoms with van der Waals surface area (Å²) in [7, 11) is 6.37. The van der Waals surface area contributed by atoms with Gasteiger partial charge in [-0.05, 0) is 0 Å². The number of methoxy groups -OCH3 is 3. The zero-order valence-electron chi connectivity index (χ0n) is 9.33. The van der Waals surface area contributed by atoms with Crippen LogP contribution in [0.25, 0.3) is 0 Å². The van der Waals surface area contributed by atoms with E-state index in [2.05, 4.69) is 21.1 Å². The summed E-state index contributed by atoms with van der Waals surface area (Å²) in [6.45, 7) is 3.46. The van der Waals surface area contributed by atoms with Crippen molar-refractivity contribution in [3.05, 3.63) is 6.92 Å². The molecule has 0 spiro atoms. The van der Waals surface area contributed by atoms with Crippen LogP contribution < -0.4 is 0 Å². The van der Waals surface area contributed by atoms with E-state index in [1.807, 2.05) is 0 Å². The molecular weight excluding hydrogens is 228 g/mol. The SMILES string of the molecule is CO.CO.O.[CH2-]C(OC)(OC)OC.[Ti]. The van der Waals surface area contributed by atoms with E-state index in [1.165, 1.54) is 21.3 Å². The molecule has 4 N–H and O–H groups in total. The number of hydrogen-bond acceptors (Lipinski definition) is 5. The molecule has 0 aliphatic carbocycles. The molecule has 0 bridgehead atoms. The third kappa shape index (κ3) is 18.3. The molecule has 0 rings (SSSR count). The van der Waals surface area contributed by atoms with Gasteiger partial charge in [0.15, 0.2) is 0 Å². The van der Waals surface area contributed by atoms with Gasteiger partial charge >= 0.3 is 0 Å². The molecule has 0 aromatic rings. The Kier molecular flexibility index (Phi) is 48.8. The minimum absolute atomic E-state index is 0. The maximum atomic E-state index is 7.00. The minimum Gasteiger partial charge on any atom is -0.412 e. The van der Waals surface area contributed by atoms with Crippen molar-refractivity contribution in [1.29, 1.82) is 0 Å². The van der Waals surface area contributed by atoms with Crippen LogP contribution >= 0.6 is 0 Å². The van der Waals surface area contributed by atoms with Crippen LogP contribution in [-0.4, -0.2) is 57.2 Å². The molecule has 0 aliphatic rings. The molecule has 0 radical (unpaired) electrons. The van der Waals surface area contributed by atoms with Gasteiger partial charge in [0.05, 0.1) is 0 Å². The first kappa shape index (κ1) is 29.3. The topological polar surface area (TPSA) is 99.7 Å². The van der Waals surface area contributed by atoms with Crippen LogP contribution in [0.1, 0.15) is 0 Å². The van der Waals surface area contributed by atoms with Gasteiger partial charge in [-0.3, -0.25) is 6.92 Å². The summed E-state index contributed by atoms with van der Waals surface area (Å²) in [5.41, 5.74) is 0. The molecule has 0 fully saturated rings. The second-order valence-corrected chi connectivity index (χ2v) is 1.30. The first-order valence-corrected chi connectivity index (χ1v) is 3.09. The molecule has 0 saturated carbocycles. The van der Waals surface area contributed by atoms with Crippen molar-refractivity contribution in [2.45, 2.75) is 5.97 Å². The molecule has 14 heavy (non-hydrogen) atoms. The van der Waals surface area contributed by atoms with Crippen LogP contribution in [0.15, 0.2) is 0 Å². The average Bonchev–Trinajstić information content (AvgIpc) is 2.22. The van der Waals surface area contributed by atoms with E-state index in [0.29, 0.717) is 0 Å². The molecule has 90 valence electrons. The van der Waals surface area contributed by atoms with E-state index in [9.17, 15) is 0 Å². The fourth-order valence-electron chi connectivity index (χ4n) is 0.250. The maximum Gasteiger partial charge on any atom is 0.145 e. The number of aliphatic hydroxyl groups excluding tert-OH is 2. The Hall–Kier alpha value is 0.474. The van der Waals surface area contributed by atoms with Crippen LogP contribution in [0, 0.1) is 6.92 Å². The van der Waals surface area contributed by atoms with E-state index in [0.717, 1.165) is 14.2 Å². The zero-order chi connectivity index (χ0) is 10.6. The second kappa shape index (κ2) is 23.4. The van der Waals surface area contributed by atoms with Crippen molar-refractivity contribution in [3.8, 4) is 0 Å². The minimum atomic E-state index is -1.12. The van der Waals surface area contributed by atoms with Crippen molar-refractivity contribution in [1.82, 2.24) is 0 Å². The monoisotopic (exact) mass is 249 g/mol. The Balaban J connectivity index is -0.0000000400. The molecular formula is C7H21O6Ti-. The van der Waals surface area contributed by atoms with Gasteiger partial charge in [0, 0.05) is 57.3 Å². The maximum absolute atomic E-state index is 7.00. The van der Waals surface area contributed by atoms with Gasteiger partial charge in [0.2, 0.25) is 0 Å². The Morgan fingerprint density at radius 2 is 1.00 bits per heavy atom. The molecule has 0 saturated heterocycles. The Morgan fingerprint density at radius 3 is 1.00 bits per heavy atom. The second-order valence-electron chi connectivity index (χ2n) is 1.30. The van der Waals surface area contributed by atoms with Gasteiger partial charge in [-0.2, -0.15) is 0 Å². The molecule has 0 atom stereocenters. The van der Waals surface area contributed by atoms with Crippen molar-refractivity contribution in [2.75, 3.05) is 35.5 Å². The summed E-state index contributed by atoms with van der Waals surface area (Å²) in [5, 5.41) is 14.0. The van der Waals surface area contributed by atoms with Gasteiger partial charge in [0.1, 0.15) is 5.97 Å². The molecule has 0 aromatic heterocycles. The van der Waals surface area contributed by atoms with Crippen LogP contribution in [0.3, 0.4) is 0 Å². The Morgan fingerprint density at radius 1 is 0.857 bits per heavy atom. The third-order valence-electron chi connectivity index (χ3n) is 0.933. The van der Waals surface area contributed by atoms with Crippen LogP contribution in [0.4, 0.5) is 0 Å². The standard InChI is InChI=1S/C5H11O3.2CH4O.H2O.Ti/c1-5(6-2,7-3)8-4;2*1-2;;/h1H2,2-4H3;2*2H,1H3;1H2;/q-1;;;;. The van der Waals surface area contributed by atoms with Gasteiger partial charge in [-0.25, -0.2) is 0 Å². The van der Waals surface area contributed by atoms with Crippen LogP contribution in [0.5, 0.6) is 0 Å². The van der Waals surface area contributed by atoms with Crippen LogP contribution in [-0.2, 0) is 35.9 Å². The molecule has 0 aliphatic heterocycles. The smallest absolute Gasteiger partial charge is 0.145 e. The summed E-state index contributed by atoms with van der Waals surface area (Å²) in [5.74, 6) is -1.12. The van der Waals surface area contributed by atoms with E-state index >= 15 is 0 Å². The summed E-state index contributed by atoms with van der Waals surface area (Å²) in [4.78, 5) is 0. The van der Waals surface area contributed by atoms with Gasteiger partial charge in [0.25, 0.3) is 0 Å². The molecule has 0 aromatic carbocycles. The first-order valence-electron chi connectivity index (χ1n) is 3.09. The fourth-order valence-corrected chi connectivity index (χ4v) is 0.250. The number of hydrogen-bond donors (Lipinski definition) is 2. The molecule has 0 unspecified atom stereocenters. The van der Waals surface area contributed by atoms with Gasteiger partial charge < -0.3 is 29.9 Å². The van der Waals surface area contributed by atoms with E-state index < -0.39 is 5.97 Å². The molecule has 0 heterocycles.